The first-order valence-corrected chi connectivity index (χ1v) is 5.62. The van der Waals surface area contributed by atoms with E-state index < -0.39 is 0 Å². The van der Waals surface area contributed by atoms with E-state index in [4.69, 9.17) is 12.2 Å². The molecule has 3 rings (SSSR count). The topological polar surface area (TPSA) is 0 Å². The number of hydrogen-bond acceptors (Lipinski definition) is 1. The molecule has 0 bridgehead atoms. The van der Waals surface area contributed by atoms with Crippen molar-refractivity contribution in [3.8, 4) is 11.1 Å². The third-order valence-electron chi connectivity index (χ3n) is 2.99. The molecule has 0 nitrogen and oxygen atoms in total. The van der Waals surface area contributed by atoms with Crippen molar-refractivity contribution in [2.45, 2.75) is 0 Å². The van der Waals surface area contributed by atoms with Gasteiger partial charge in [0.1, 0.15) is 0 Å². The Morgan fingerprint density at radius 3 is 1.75 bits per heavy atom. The molecule has 0 N–H and O–H groups in total. The standard InChI is InChI=1S/C15H10S/c1-10-11-6-2-3-7-12(11)13-8-4-5-9-14(13)15(10)16/h2-9H,1H2. The van der Waals surface area contributed by atoms with Crippen LogP contribution in [0.1, 0.15) is 11.1 Å². The quantitative estimate of drug-likeness (QED) is 0.477. The van der Waals surface area contributed by atoms with Crippen molar-refractivity contribution in [3.05, 3.63) is 66.2 Å². The Morgan fingerprint density at radius 1 is 0.688 bits per heavy atom. The lowest BCUT2D eigenvalue weighted by Crippen LogP contribution is -2.09. The summed E-state index contributed by atoms with van der Waals surface area (Å²) in [4.78, 5) is 0.870. The van der Waals surface area contributed by atoms with Gasteiger partial charge in [-0.25, -0.2) is 0 Å². The van der Waals surface area contributed by atoms with E-state index in [1.54, 1.807) is 0 Å². The zero-order valence-electron chi connectivity index (χ0n) is 8.73. The summed E-state index contributed by atoms with van der Waals surface area (Å²) in [6.07, 6.45) is 0. The van der Waals surface area contributed by atoms with Gasteiger partial charge < -0.3 is 0 Å². The maximum absolute atomic E-state index is 5.46. The van der Waals surface area contributed by atoms with Crippen LogP contribution in [0, 0.1) is 0 Å². The van der Waals surface area contributed by atoms with Crippen LogP contribution < -0.4 is 0 Å². The summed E-state index contributed by atoms with van der Waals surface area (Å²) in [6, 6.07) is 16.5. The Balaban J connectivity index is 2.41. The van der Waals surface area contributed by atoms with E-state index in [-0.39, 0.29) is 0 Å². The molecule has 0 aliphatic heterocycles. The highest BCUT2D eigenvalue weighted by atomic mass is 32.1. The van der Waals surface area contributed by atoms with Crippen molar-refractivity contribution in [1.82, 2.24) is 0 Å². The van der Waals surface area contributed by atoms with Crippen LogP contribution >= 0.6 is 12.2 Å². The zero-order chi connectivity index (χ0) is 11.1. The zero-order valence-corrected chi connectivity index (χ0v) is 9.55. The average molecular weight is 222 g/mol. The Morgan fingerprint density at radius 2 is 1.12 bits per heavy atom. The molecule has 1 heteroatoms. The molecule has 1 aliphatic rings. The molecule has 2 aromatic carbocycles. The summed E-state index contributed by atoms with van der Waals surface area (Å²) in [5, 5.41) is 0. The van der Waals surface area contributed by atoms with Gasteiger partial charge in [0.25, 0.3) is 0 Å². The highest BCUT2D eigenvalue weighted by Gasteiger charge is 2.21. The van der Waals surface area contributed by atoms with Crippen LogP contribution in [0.2, 0.25) is 0 Å². The van der Waals surface area contributed by atoms with Crippen LogP contribution in [0.15, 0.2) is 55.1 Å². The largest absolute Gasteiger partial charge is 0.0897 e. The monoisotopic (exact) mass is 222 g/mol. The van der Waals surface area contributed by atoms with E-state index in [0.717, 1.165) is 21.6 Å². The lowest BCUT2D eigenvalue weighted by molar-refractivity contribution is 1.54. The maximum Gasteiger partial charge on any atom is 0.0528 e. The number of rotatable bonds is 0. The summed E-state index contributed by atoms with van der Waals surface area (Å²) in [6.45, 7) is 4.09. The van der Waals surface area contributed by atoms with Crippen LogP contribution in [0.5, 0.6) is 0 Å². The van der Waals surface area contributed by atoms with Crippen LogP contribution in [0.4, 0.5) is 0 Å². The molecule has 0 atom stereocenters. The molecule has 16 heavy (non-hydrogen) atoms. The van der Waals surface area contributed by atoms with Gasteiger partial charge in [0.15, 0.2) is 0 Å². The maximum atomic E-state index is 5.46. The van der Waals surface area contributed by atoms with Crippen molar-refractivity contribution < 1.29 is 0 Å². The van der Waals surface area contributed by atoms with Gasteiger partial charge in [0, 0.05) is 5.56 Å². The van der Waals surface area contributed by atoms with Gasteiger partial charge in [-0.05, 0) is 22.3 Å². The highest BCUT2D eigenvalue weighted by molar-refractivity contribution is 7.82. The van der Waals surface area contributed by atoms with E-state index in [1.165, 1.54) is 11.1 Å². The lowest BCUT2D eigenvalue weighted by atomic mass is 9.83. The predicted molar refractivity (Wildman–Crippen MR) is 72.6 cm³/mol. The fourth-order valence-electron chi connectivity index (χ4n) is 2.18. The second-order valence-electron chi connectivity index (χ2n) is 3.90. The minimum atomic E-state index is 0.870. The third kappa shape index (κ3) is 1.18. The summed E-state index contributed by atoms with van der Waals surface area (Å²) < 4.78 is 0. The number of allylic oxidation sites excluding steroid dienone is 1. The van der Waals surface area contributed by atoms with Crippen LogP contribution in [-0.2, 0) is 0 Å². The highest BCUT2D eigenvalue weighted by Crippen LogP contribution is 2.38. The molecule has 0 spiro atoms. The van der Waals surface area contributed by atoms with E-state index in [0.29, 0.717) is 0 Å². The van der Waals surface area contributed by atoms with Crippen LogP contribution in [0.3, 0.4) is 0 Å². The second kappa shape index (κ2) is 3.39. The Kier molecular flexibility index (Phi) is 2.01. The molecule has 1 aliphatic carbocycles. The minimum absolute atomic E-state index is 0.870. The van der Waals surface area contributed by atoms with Gasteiger partial charge in [0.2, 0.25) is 0 Å². The van der Waals surface area contributed by atoms with Gasteiger partial charge in [0.05, 0.1) is 4.86 Å². The Bertz CT molecular complexity index is 553. The number of fused-ring (bicyclic) bond motifs is 3. The van der Waals surface area contributed by atoms with Crippen LogP contribution in [0.25, 0.3) is 16.7 Å². The third-order valence-corrected chi connectivity index (χ3v) is 3.45. The molecule has 76 valence electrons. The number of benzene rings is 2. The molecule has 0 amide bonds. The van der Waals surface area contributed by atoms with Gasteiger partial charge >= 0.3 is 0 Å². The second-order valence-corrected chi connectivity index (χ2v) is 4.31. The molecule has 0 radical (unpaired) electrons. The summed E-state index contributed by atoms with van der Waals surface area (Å²) >= 11 is 5.46. The van der Waals surface area contributed by atoms with E-state index in [9.17, 15) is 0 Å². The van der Waals surface area contributed by atoms with Gasteiger partial charge in [-0.15, -0.1) is 0 Å². The van der Waals surface area contributed by atoms with Gasteiger partial charge in [-0.1, -0.05) is 67.3 Å². The summed E-state index contributed by atoms with van der Waals surface area (Å²) in [5.74, 6) is 0. The molecule has 0 heterocycles. The fourth-order valence-corrected chi connectivity index (χ4v) is 2.47. The summed E-state index contributed by atoms with van der Waals surface area (Å²) in [7, 11) is 0. The molecule has 0 unspecified atom stereocenters. The molecule has 2 aromatic rings. The summed E-state index contributed by atoms with van der Waals surface area (Å²) in [5.41, 5.74) is 5.70. The van der Waals surface area contributed by atoms with Gasteiger partial charge in [-0.2, -0.15) is 0 Å². The molecule has 0 saturated carbocycles. The Labute approximate surface area is 100 Å². The fraction of sp³-hybridized carbons (Fsp3) is 0. The average Bonchev–Trinajstić information content (AvgIpc) is 2.36. The molecular formula is C15H10S. The van der Waals surface area contributed by atoms with Gasteiger partial charge in [-0.3, -0.25) is 0 Å². The van der Waals surface area contributed by atoms with E-state index >= 15 is 0 Å². The van der Waals surface area contributed by atoms with Crippen molar-refractivity contribution in [2.75, 3.05) is 0 Å². The molecule has 0 fully saturated rings. The molecule has 0 aromatic heterocycles. The lowest BCUT2D eigenvalue weighted by Gasteiger charge is -2.22. The van der Waals surface area contributed by atoms with Crippen LogP contribution in [-0.4, -0.2) is 4.86 Å². The smallest absolute Gasteiger partial charge is 0.0528 e. The molecule has 0 saturated heterocycles. The number of thiocarbonyl (C=S) groups is 1. The molecular weight excluding hydrogens is 212 g/mol. The van der Waals surface area contributed by atoms with E-state index in [1.807, 2.05) is 18.2 Å². The normalized spacial score (nSPS) is 13.2. The Hall–Kier alpha value is -1.73. The SMILES string of the molecule is C=C1C(=S)c2ccccc2-c2ccccc21. The van der Waals surface area contributed by atoms with Crippen molar-refractivity contribution in [1.29, 1.82) is 0 Å². The first-order valence-electron chi connectivity index (χ1n) is 5.21. The number of hydrogen-bond donors (Lipinski definition) is 0. The van der Waals surface area contributed by atoms with Crippen molar-refractivity contribution in [3.63, 3.8) is 0 Å². The van der Waals surface area contributed by atoms with Crippen molar-refractivity contribution in [2.24, 2.45) is 0 Å². The first-order chi connectivity index (χ1) is 7.79. The predicted octanol–water partition coefficient (Wildman–Crippen LogP) is 4.10. The first kappa shape index (κ1) is 9.49. The minimum Gasteiger partial charge on any atom is -0.0897 e. The van der Waals surface area contributed by atoms with Crippen molar-refractivity contribution >= 4 is 22.7 Å². The van der Waals surface area contributed by atoms with E-state index in [2.05, 4.69) is 36.9 Å².